The Morgan fingerprint density at radius 1 is 1.26 bits per heavy atom. The van der Waals surface area contributed by atoms with Gasteiger partial charge in [-0.2, -0.15) is 9.38 Å². The van der Waals surface area contributed by atoms with Crippen LogP contribution < -0.4 is 5.32 Å². The van der Waals surface area contributed by atoms with Crippen molar-refractivity contribution in [2.24, 2.45) is 0 Å². The first-order valence-corrected chi connectivity index (χ1v) is 7.10. The molecule has 0 atom stereocenters. The number of imidazole rings is 1. The minimum atomic E-state index is -0.429. The lowest BCUT2D eigenvalue weighted by molar-refractivity contribution is -0.389. The van der Waals surface area contributed by atoms with E-state index in [0.717, 1.165) is 22.3 Å². The van der Waals surface area contributed by atoms with Crippen LogP contribution in [0.25, 0.3) is 16.6 Å². The Morgan fingerprint density at radius 2 is 2.13 bits per heavy atom. The molecule has 3 aromatic heterocycles. The van der Waals surface area contributed by atoms with Gasteiger partial charge >= 0.3 is 5.82 Å². The molecule has 0 saturated heterocycles. The van der Waals surface area contributed by atoms with Crippen molar-refractivity contribution >= 4 is 33.9 Å². The number of anilines is 2. The van der Waals surface area contributed by atoms with Gasteiger partial charge in [-0.1, -0.05) is 6.07 Å². The van der Waals surface area contributed by atoms with Gasteiger partial charge in [0.15, 0.2) is 0 Å². The third-order valence-corrected chi connectivity index (χ3v) is 3.70. The van der Waals surface area contributed by atoms with Gasteiger partial charge in [-0.3, -0.25) is 0 Å². The van der Waals surface area contributed by atoms with E-state index in [9.17, 15) is 10.1 Å². The molecule has 0 saturated carbocycles. The van der Waals surface area contributed by atoms with E-state index in [-0.39, 0.29) is 11.6 Å². The quantitative estimate of drug-likeness (QED) is 0.445. The van der Waals surface area contributed by atoms with E-state index < -0.39 is 4.92 Å². The van der Waals surface area contributed by atoms with Crippen molar-refractivity contribution in [3.63, 3.8) is 0 Å². The number of fused-ring (bicyclic) bond motifs is 2. The number of aromatic nitrogens is 3. The highest BCUT2D eigenvalue weighted by atomic mass is 16.6. The van der Waals surface area contributed by atoms with E-state index in [1.807, 2.05) is 31.2 Å². The van der Waals surface area contributed by atoms with Crippen molar-refractivity contribution in [2.75, 3.05) is 5.32 Å². The Balaban J connectivity index is 1.81. The van der Waals surface area contributed by atoms with E-state index in [1.165, 1.54) is 4.40 Å². The van der Waals surface area contributed by atoms with E-state index >= 15 is 0 Å². The summed E-state index contributed by atoms with van der Waals surface area (Å²) in [6, 6.07) is 13.0. The van der Waals surface area contributed by atoms with Crippen LogP contribution in [-0.2, 0) is 0 Å². The lowest BCUT2D eigenvalue weighted by Gasteiger charge is -2.03. The van der Waals surface area contributed by atoms with Crippen molar-refractivity contribution in [1.82, 2.24) is 14.4 Å². The van der Waals surface area contributed by atoms with Crippen LogP contribution in [0.3, 0.4) is 0 Å². The normalized spacial score (nSPS) is 11.2. The maximum atomic E-state index is 11.4. The molecule has 7 nitrogen and oxygen atoms in total. The first-order chi connectivity index (χ1) is 11.1. The van der Waals surface area contributed by atoms with Gasteiger partial charge in [0, 0.05) is 28.4 Å². The summed E-state index contributed by atoms with van der Waals surface area (Å²) in [4.78, 5) is 18.5. The average Bonchev–Trinajstić information content (AvgIpc) is 3.05. The highest BCUT2D eigenvalue weighted by Gasteiger charge is 2.22. The molecule has 0 aliphatic heterocycles. The van der Waals surface area contributed by atoms with Crippen LogP contribution >= 0.6 is 0 Å². The maximum Gasteiger partial charge on any atom is 0.372 e. The molecule has 0 unspecified atom stereocenters. The van der Waals surface area contributed by atoms with Gasteiger partial charge in [0.25, 0.3) is 0 Å². The SMILES string of the molecule is Cc1cc2cc(Nc3nc4ccccn4c3[N+](=O)[O-])ccc2[nH]1. The summed E-state index contributed by atoms with van der Waals surface area (Å²) < 4.78 is 1.46. The lowest BCUT2D eigenvalue weighted by Crippen LogP contribution is -1.98. The zero-order valence-electron chi connectivity index (χ0n) is 12.3. The van der Waals surface area contributed by atoms with Crippen molar-refractivity contribution in [2.45, 2.75) is 6.92 Å². The minimum absolute atomic E-state index is 0.0778. The molecule has 4 rings (SSSR count). The van der Waals surface area contributed by atoms with Crippen LogP contribution in [0.1, 0.15) is 5.69 Å². The third kappa shape index (κ3) is 2.18. The van der Waals surface area contributed by atoms with E-state index in [0.29, 0.717) is 5.65 Å². The second-order valence-electron chi connectivity index (χ2n) is 5.35. The molecule has 7 heteroatoms. The maximum absolute atomic E-state index is 11.4. The number of H-pyrrole nitrogens is 1. The molecule has 0 aliphatic carbocycles. The Kier molecular flexibility index (Phi) is 2.80. The van der Waals surface area contributed by atoms with Crippen molar-refractivity contribution < 1.29 is 4.92 Å². The predicted molar refractivity (Wildman–Crippen MR) is 88.2 cm³/mol. The number of nitrogens with zero attached hydrogens (tertiary/aromatic N) is 3. The summed E-state index contributed by atoms with van der Waals surface area (Å²) >= 11 is 0. The molecule has 0 aliphatic rings. The van der Waals surface area contributed by atoms with Crippen LogP contribution in [0.4, 0.5) is 17.3 Å². The number of hydrogen-bond donors (Lipinski definition) is 2. The molecule has 0 spiro atoms. The molecular formula is C16H13N5O2. The van der Waals surface area contributed by atoms with E-state index in [2.05, 4.69) is 15.3 Å². The van der Waals surface area contributed by atoms with Gasteiger partial charge in [-0.25, -0.2) is 0 Å². The van der Waals surface area contributed by atoms with Gasteiger partial charge in [0.1, 0.15) is 0 Å². The molecule has 0 bridgehead atoms. The highest BCUT2D eigenvalue weighted by molar-refractivity contribution is 5.85. The number of hydrogen-bond acceptors (Lipinski definition) is 4. The number of nitro groups is 1. The van der Waals surface area contributed by atoms with Gasteiger partial charge in [0.05, 0.1) is 6.20 Å². The van der Waals surface area contributed by atoms with Crippen LogP contribution in [-0.4, -0.2) is 19.3 Å². The fraction of sp³-hybridized carbons (Fsp3) is 0.0625. The Labute approximate surface area is 130 Å². The Morgan fingerprint density at radius 3 is 2.96 bits per heavy atom. The zero-order chi connectivity index (χ0) is 16.0. The smallest absolute Gasteiger partial charge is 0.359 e. The number of aromatic amines is 1. The Hall–Kier alpha value is -3.35. The summed E-state index contributed by atoms with van der Waals surface area (Å²) in [5, 5.41) is 15.5. The summed E-state index contributed by atoms with van der Waals surface area (Å²) in [6.07, 6.45) is 1.63. The molecule has 0 fully saturated rings. The molecule has 0 amide bonds. The fourth-order valence-corrected chi connectivity index (χ4v) is 2.73. The molecule has 23 heavy (non-hydrogen) atoms. The molecule has 3 heterocycles. The van der Waals surface area contributed by atoms with Crippen LogP contribution in [0.5, 0.6) is 0 Å². The Bertz CT molecular complexity index is 1050. The lowest BCUT2D eigenvalue weighted by atomic mass is 10.2. The summed E-state index contributed by atoms with van der Waals surface area (Å²) in [5.41, 5.74) is 3.37. The van der Waals surface area contributed by atoms with Crippen LogP contribution in [0.15, 0.2) is 48.7 Å². The van der Waals surface area contributed by atoms with Gasteiger partial charge < -0.3 is 20.4 Å². The minimum Gasteiger partial charge on any atom is -0.359 e. The molecule has 0 radical (unpaired) electrons. The summed E-state index contributed by atoms with van der Waals surface area (Å²) in [7, 11) is 0. The first kappa shape index (κ1) is 13.3. The number of aryl methyl sites for hydroxylation is 1. The van der Waals surface area contributed by atoms with E-state index in [1.54, 1.807) is 24.4 Å². The molecule has 4 aromatic rings. The highest BCUT2D eigenvalue weighted by Crippen LogP contribution is 2.29. The number of nitrogens with one attached hydrogen (secondary N) is 2. The summed E-state index contributed by atoms with van der Waals surface area (Å²) in [6.45, 7) is 1.99. The number of pyridine rings is 1. The second kappa shape index (κ2) is 4.84. The largest absolute Gasteiger partial charge is 0.372 e. The molecule has 1 aromatic carbocycles. The number of benzene rings is 1. The van der Waals surface area contributed by atoms with Crippen molar-refractivity contribution in [1.29, 1.82) is 0 Å². The predicted octanol–water partition coefficient (Wildman–Crippen LogP) is 3.78. The van der Waals surface area contributed by atoms with Gasteiger partial charge in [0.2, 0.25) is 11.5 Å². The zero-order valence-corrected chi connectivity index (χ0v) is 12.3. The standard InChI is InChI=1S/C16H13N5O2/c1-10-8-11-9-12(5-6-13(11)17-10)18-15-16(21(22)23)20-7-3-2-4-14(20)19-15/h2-9,17-18H,1H3. The monoisotopic (exact) mass is 307 g/mol. The van der Waals surface area contributed by atoms with Crippen LogP contribution in [0.2, 0.25) is 0 Å². The second-order valence-corrected chi connectivity index (χ2v) is 5.35. The molecular weight excluding hydrogens is 294 g/mol. The first-order valence-electron chi connectivity index (χ1n) is 7.10. The molecule has 2 N–H and O–H groups in total. The number of rotatable bonds is 3. The third-order valence-electron chi connectivity index (χ3n) is 3.70. The van der Waals surface area contributed by atoms with Crippen molar-refractivity contribution in [3.05, 3.63) is 64.5 Å². The van der Waals surface area contributed by atoms with Gasteiger partial charge in [-0.05, 0) is 42.2 Å². The topological polar surface area (TPSA) is 88.3 Å². The van der Waals surface area contributed by atoms with Crippen LogP contribution in [0, 0.1) is 17.0 Å². The summed E-state index contributed by atoms with van der Waals surface area (Å²) in [5.74, 6) is 0.152. The average molecular weight is 307 g/mol. The van der Waals surface area contributed by atoms with Gasteiger partial charge in [-0.15, -0.1) is 0 Å². The van der Waals surface area contributed by atoms with E-state index in [4.69, 9.17) is 0 Å². The molecule has 114 valence electrons. The fourth-order valence-electron chi connectivity index (χ4n) is 2.73. The van der Waals surface area contributed by atoms with Crippen molar-refractivity contribution in [3.8, 4) is 0 Å².